The third kappa shape index (κ3) is 7.65. The molecule has 2 heterocycles. The lowest BCUT2D eigenvalue weighted by molar-refractivity contribution is 0.124. The van der Waals surface area contributed by atoms with Crippen molar-refractivity contribution in [3.05, 3.63) is 0 Å². The van der Waals surface area contributed by atoms with Crippen molar-refractivity contribution in [1.82, 2.24) is 9.80 Å². The Hall–Kier alpha value is -0.0800. The molecule has 2 aliphatic rings. The van der Waals surface area contributed by atoms with Crippen LogP contribution in [-0.2, 0) is 0 Å². The minimum atomic E-state index is 0.885. The molecule has 0 saturated carbocycles. The van der Waals surface area contributed by atoms with Crippen LogP contribution in [0.25, 0.3) is 0 Å². The van der Waals surface area contributed by atoms with Crippen LogP contribution in [0.4, 0.5) is 0 Å². The Kier molecular flexibility index (Phi) is 9.59. The van der Waals surface area contributed by atoms with E-state index in [1.807, 2.05) is 0 Å². The highest BCUT2D eigenvalue weighted by Crippen LogP contribution is 2.24. The van der Waals surface area contributed by atoms with Gasteiger partial charge in [0.05, 0.1) is 0 Å². The van der Waals surface area contributed by atoms with E-state index >= 15 is 0 Å². The summed E-state index contributed by atoms with van der Waals surface area (Å²) < 4.78 is 0. The second-order valence-corrected chi connectivity index (χ2v) is 7.65. The summed E-state index contributed by atoms with van der Waals surface area (Å²) in [6, 6.07) is 0. The average Bonchev–Trinajstić information content (AvgIpc) is 2.48. The number of hydrogen-bond acceptors (Lipinski definition) is 2. The highest BCUT2D eigenvalue weighted by Gasteiger charge is 2.22. The van der Waals surface area contributed by atoms with Crippen molar-refractivity contribution >= 4 is 0 Å². The molecular formula is C19H40N2. The summed E-state index contributed by atoms with van der Waals surface area (Å²) in [5, 5.41) is 0. The SMILES string of the molecule is CC1CCN(CCN2CCC(C(C)C)CC2)CC1.CCC. The van der Waals surface area contributed by atoms with Gasteiger partial charge in [-0.05, 0) is 69.6 Å². The zero-order valence-electron chi connectivity index (χ0n) is 15.4. The zero-order chi connectivity index (χ0) is 15.7. The van der Waals surface area contributed by atoms with E-state index < -0.39 is 0 Å². The van der Waals surface area contributed by atoms with Crippen LogP contribution < -0.4 is 0 Å². The predicted molar refractivity (Wildman–Crippen MR) is 94.8 cm³/mol. The van der Waals surface area contributed by atoms with Crippen molar-refractivity contribution in [2.75, 3.05) is 39.3 Å². The van der Waals surface area contributed by atoms with E-state index in [2.05, 4.69) is 44.4 Å². The third-order valence-corrected chi connectivity index (χ3v) is 5.18. The molecule has 0 amide bonds. The molecule has 0 N–H and O–H groups in total. The van der Waals surface area contributed by atoms with Gasteiger partial charge in [-0.1, -0.05) is 41.0 Å². The standard InChI is InChI=1S/C16H32N2.C3H8/c1-14(2)16-6-10-18(11-7-16)13-12-17-8-4-15(3)5-9-17;1-3-2/h14-16H,4-13H2,1-3H3;3H2,1-2H3. The van der Waals surface area contributed by atoms with E-state index in [1.165, 1.54) is 71.4 Å². The van der Waals surface area contributed by atoms with Gasteiger partial charge in [0.2, 0.25) is 0 Å². The summed E-state index contributed by atoms with van der Waals surface area (Å²) in [6.45, 7) is 19.4. The molecular weight excluding hydrogens is 256 g/mol. The number of piperidine rings is 2. The summed E-state index contributed by atoms with van der Waals surface area (Å²) in [6.07, 6.45) is 6.92. The van der Waals surface area contributed by atoms with Gasteiger partial charge < -0.3 is 9.80 Å². The van der Waals surface area contributed by atoms with Crippen LogP contribution in [0.2, 0.25) is 0 Å². The molecule has 0 atom stereocenters. The molecule has 2 nitrogen and oxygen atoms in total. The lowest BCUT2D eigenvalue weighted by Crippen LogP contribution is -2.42. The molecule has 2 heteroatoms. The van der Waals surface area contributed by atoms with Gasteiger partial charge in [-0.2, -0.15) is 0 Å². The minimum Gasteiger partial charge on any atom is -0.302 e. The lowest BCUT2D eigenvalue weighted by Gasteiger charge is -2.36. The van der Waals surface area contributed by atoms with E-state index in [4.69, 9.17) is 0 Å². The fraction of sp³-hybridized carbons (Fsp3) is 1.00. The smallest absolute Gasteiger partial charge is 0.0109 e. The quantitative estimate of drug-likeness (QED) is 0.753. The molecule has 2 fully saturated rings. The molecule has 2 saturated heterocycles. The van der Waals surface area contributed by atoms with E-state index in [0.717, 1.165) is 17.8 Å². The first-order chi connectivity index (χ1) is 10.1. The molecule has 0 radical (unpaired) electrons. The Morgan fingerprint density at radius 3 is 1.57 bits per heavy atom. The van der Waals surface area contributed by atoms with Crippen LogP contribution >= 0.6 is 0 Å². The van der Waals surface area contributed by atoms with Gasteiger partial charge in [-0.15, -0.1) is 0 Å². The van der Waals surface area contributed by atoms with Gasteiger partial charge in [-0.25, -0.2) is 0 Å². The maximum Gasteiger partial charge on any atom is 0.0109 e. The molecule has 0 spiro atoms. The van der Waals surface area contributed by atoms with Crippen LogP contribution in [0.5, 0.6) is 0 Å². The second kappa shape index (κ2) is 10.6. The summed E-state index contributed by atoms with van der Waals surface area (Å²) in [4.78, 5) is 5.37. The Morgan fingerprint density at radius 1 is 0.810 bits per heavy atom. The van der Waals surface area contributed by atoms with Crippen LogP contribution in [0, 0.1) is 17.8 Å². The van der Waals surface area contributed by atoms with Crippen molar-refractivity contribution in [2.24, 2.45) is 17.8 Å². The lowest BCUT2D eigenvalue weighted by atomic mass is 9.87. The van der Waals surface area contributed by atoms with Crippen molar-refractivity contribution in [2.45, 2.75) is 66.7 Å². The van der Waals surface area contributed by atoms with Crippen LogP contribution in [0.1, 0.15) is 66.7 Å². The van der Waals surface area contributed by atoms with Crippen molar-refractivity contribution in [3.63, 3.8) is 0 Å². The van der Waals surface area contributed by atoms with Gasteiger partial charge in [0.25, 0.3) is 0 Å². The van der Waals surface area contributed by atoms with Crippen molar-refractivity contribution in [1.29, 1.82) is 0 Å². The van der Waals surface area contributed by atoms with Gasteiger partial charge >= 0.3 is 0 Å². The van der Waals surface area contributed by atoms with Gasteiger partial charge in [0, 0.05) is 13.1 Å². The second-order valence-electron chi connectivity index (χ2n) is 7.65. The molecule has 0 aromatic heterocycles. The molecule has 2 aliphatic heterocycles. The fourth-order valence-electron chi connectivity index (χ4n) is 3.41. The molecule has 0 aliphatic carbocycles. The average molecular weight is 297 g/mol. The predicted octanol–water partition coefficient (Wildman–Crippen LogP) is 4.50. The highest BCUT2D eigenvalue weighted by molar-refractivity contribution is 4.76. The summed E-state index contributed by atoms with van der Waals surface area (Å²) in [7, 11) is 0. The van der Waals surface area contributed by atoms with Crippen molar-refractivity contribution in [3.8, 4) is 0 Å². The fourth-order valence-corrected chi connectivity index (χ4v) is 3.41. The molecule has 0 unspecified atom stereocenters. The molecule has 0 aromatic rings. The van der Waals surface area contributed by atoms with Gasteiger partial charge in [-0.3, -0.25) is 0 Å². The number of likely N-dealkylation sites (tertiary alicyclic amines) is 2. The van der Waals surface area contributed by atoms with Gasteiger partial charge in [0.15, 0.2) is 0 Å². The van der Waals surface area contributed by atoms with E-state index in [1.54, 1.807) is 0 Å². The summed E-state index contributed by atoms with van der Waals surface area (Å²) >= 11 is 0. The molecule has 2 rings (SSSR count). The maximum absolute atomic E-state index is 2.69. The normalized spacial score (nSPS) is 23.1. The van der Waals surface area contributed by atoms with Crippen LogP contribution in [0.15, 0.2) is 0 Å². The van der Waals surface area contributed by atoms with E-state index in [-0.39, 0.29) is 0 Å². The van der Waals surface area contributed by atoms with Crippen LogP contribution in [-0.4, -0.2) is 49.1 Å². The Labute approximate surface area is 134 Å². The summed E-state index contributed by atoms with van der Waals surface area (Å²) in [5.41, 5.74) is 0. The molecule has 0 bridgehead atoms. The zero-order valence-corrected chi connectivity index (χ0v) is 15.4. The summed E-state index contributed by atoms with van der Waals surface area (Å²) in [5.74, 6) is 2.83. The number of nitrogens with zero attached hydrogens (tertiary/aromatic N) is 2. The molecule has 21 heavy (non-hydrogen) atoms. The number of hydrogen-bond donors (Lipinski definition) is 0. The Balaban J connectivity index is 0.000000677. The van der Waals surface area contributed by atoms with Crippen molar-refractivity contribution < 1.29 is 0 Å². The molecule has 126 valence electrons. The first-order valence-electron chi connectivity index (χ1n) is 9.51. The maximum atomic E-state index is 2.69. The van der Waals surface area contributed by atoms with Gasteiger partial charge in [0.1, 0.15) is 0 Å². The Bertz CT molecular complexity index is 236. The first-order valence-corrected chi connectivity index (χ1v) is 9.51. The number of rotatable bonds is 4. The third-order valence-electron chi connectivity index (χ3n) is 5.18. The largest absolute Gasteiger partial charge is 0.302 e. The van der Waals surface area contributed by atoms with E-state index in [0.29, 0.717) is 0 Å². The van der Waals surface area contributed by atoms with E-state index in [9.17, 15) is 0 Å². The van der Waals surface area contributed by atoms with Crippen LogP contribution in [0.3, 0.4) is 0 Å². The first kappa shape index (κ1) is 19.0. The topological polar surface area (TPSA) is 6.48 Å². The molecule has 0 aromatic carbocycles. The minimum absolute atomic E-state index is 0.885. The highest BCUT2D eigenvalue weighted by atomic mass is 15.2. The monoisotopic (exact) mass is 296 g/mol. The Morgan fingerprint density at radius 2 is 1.19 bits per heavy atom.